The topological polar surface area (TPSA) is 35.4 Å². The lowest BCUT2D eigenvalue weighted by Crippen LogP contribution is -2.11. The van der Waals surface area contributed by atoms with Crippen LogP contribution in [0.4, 0.5) is 0 Å². The van der Waals surface area contributed by atoms with Gasteiger partial charge in [0.2, 0.25) is 0 Å². The van der Waals surface area contributed by atoms with Crippen LogP contribution in [0, 0.1) is 0 Å². The molecule has 1 unspecified atom stereocenters. The SMILES string of the molecule is [O-]C1=NCC=CP1. The van der Waals surface area contributed by atoms with Gasteiger partial charge in [-0.15, -0.1) is 0 Å². The average molecular weight is 114 g/mol. The summed E-state index contributed by atoms with van der Waals surface area (Å²) in [6.45, 7) is 0.589. The molecule has 0 N–H and O–H groups in total. The minimum absolute atomic E-state index is 0.0301. The van der Waals surface area contributed by atoms with Crippen molar-refractivity contribution >= 4 is 14.2 Å². The molecule has 0 amide bonds. The highest BCUT2D eigenvalue weighted by atomic mass is 31.1. The molecule has 0 saturated carbocycles. The third-order valence-electron chi connectivity index (χ3n) is 0.665. The van der Waals surface area contributed by atoms with Crippen molar-refractivity contribution in [3.63, 3.8) is 0 Å². The molecular formula is C4H5NOP-. The second-order valence-electron chi connectivity index (χ2n) is 1.19. The van der Waals surface area contributed by atoms with Crippen LogP contribution < -0.4 is 5.11 Å². The van der Waals surface area contributed by atoms with E-state index in [1.807, 2.05) is 11.9 Å². The number of hydrogen-bond donors (Lipinski definition) is 0. The van der Waals surface area contributed by atoms with Crippen molar-refractivity contribution in [2.24, 2.45) is 4.99 Å². The van der Waals surface area contributed by atoms with E-state index in [4.69, 9.17) is 0 Å². The standard InChI is InChI=1S/C4H6NOP/c6-4-5-2-1-3-7-4/h1,3,7H,2H2,(H,5,6)/p-1. The van der Waals surface area contributed by atoms with E-state index in [9.17, 15) is 5.11 Å². The highest BCUT2D eigenvalue weighted by molar-refractivity contribution is 7.60. The first kappa shape index (κ1) is 4.79. The van der Waals surface area contributed by atoms with Crippen LogP contribution in [0.3, 0.4) is 0 Å². The fourth-order valence-electron chi connectivity index (χ4n) is 0.364. The fraction of sp³-hybridized carbons (Fsp3) is 0.250. The van der Waals surface area contributed by atoms with Crippen molar-refractivity contribution in [2.45, 2.75) is 0 Å². The Hall–Kier alpha value is -0.360. The summed E-state index contributed by atoms with van der Waals surface area (Å²) in [6.07, 6.45) is 1.90. The van der Waals surface area contributed by atoms with E-state index >= 15 is 0 Å². The second-order valence-corrected chi connectivity index (χ2v) is 2.24. The molecule has 1 atom stereocenters. The lowest BCUT2D eigenvalue weighted by Gasteiger charge is -2.08. The van der Waals surface area contributed by atoms with Gasteiger partial charge in [0.15, 0.2) is 0 Å². The first-order chi connectivity index (χ1) is 3.39. The van der Waals surface area contributed by atoms with Gasteiger partial charge < -0.3 is 5.11 Å². The fourth-order valence-corrected chi connectivity index (χ4v) is 0.913. The van der Waals surface area contributed by atoms with Crippen LogP contribution in [0.2, 0.25) is 0 Å². The highest BCUT2D eigenvalue weighted by Crippen LogP contribution is 2.13. The molecule has 1 aliphatic heterocycles. The van der Waals surface area contributed by atoms with Crippen LogP contribution in [-0.2, 0) is 0 Å². The Bertz CT molecular complexity index is 119. The van der Waals surface area contributed by atoms with E-state index < -0.39 is 0 Å². The molecule has 1 rings (SSSR count). The van der Waals surface area contributed by atoms with Crippen LogP contribution in [0.25, 0.3) is 0 Å². The summed E-state index contributed by atoms with van der Waals surface area (Å²) in [5, 5.41) is 10.3. The Morgan fingerprint density at radius 3 is 3.00 bits per heavy atom. The van der Waals surface area contributed by atoms with Gasteiger partial charge in [-0.3, -0.25) is 4.99 Å². The quantitative estimate of drug-likeness (QED) is 0.405. The summed E-state index contributed by atoms with van der Waals surface area (Å²) in [4.78, 5) is 3.62. The van der Waals surface area contributed by atoms with Crippen molar-refractivity contribution < 1.29 is 5.11 Å². The smallest absolute Gasteiger partial charge is 0.0567 e. The number of hydrogen-bond acceptors (Lipinski definition) is 2. The van der Waals surface area contributed by atoms with E-state index in [0.717, 1.165) is 0 Å². The van der Waals surface area contributed by atoms with E-state index in [-0.39, 0.29) is 14.2 Å². The monoisotopic (exact) mass is 114 g/mol. The Kier molecular flexibility index (Phi) is 1.42. The van der Waals surface area contributed by atoms with Crippen LogP contribution in [0.1, 0.15) is 0 Å². The summed E-state index contributed by atoms with van der Waals surface area (Å²) in [7, 11) is 0.289. The Balaban J connectivity index is 2.50. The molecule has 1 aliphatic rings. The molecule has 7 heavy (non-hydrogen) atoms. The third kappa shape index (κ3) is 1.28. The summed E-state index contributed by atoms with van der Waals surface area (Å²) in [5.74, 6) is 1.87. The molecule has 0 aromatic carbocycles. The zero-order valence-electron chi connectivity index (χ0n) is 3.72. The van der Waals surface area contributed by atoms with Gasteiger partial charge in [-0.25, -0.2) is 0 Å². The Morgan fingerprint density at radius 1 is 1.86 bits per heavy atom. The predicted molar refractivity (Wildman–Crippen MR) is 29.8 cm³/mol. The van der Waals surface area contributed by atoms with Crippen molar-refractivity contribution in [1.82, 2.24) is 0 Å². The van der Waals surface area contributed by atoms with Gasteiger partial charge in [-0.1, -0.05) is 20.5 Å². The molecule has 0 fully saturated rings. The zero-order valence-corrected chi connectivity index (χ0v) is 4.72. The van der Waals surface area contributed by atoms with Gasteiger partial charge in [0.05, 0.1) is 6.54 Å². The molecule has 0 aliphatic carbocycles. The Labute approximate surface area is 43.7 Å². The van der Waals surface area contributed by atoms with Gasteiger partial charge in [-0.05, 0) is 5.64 Å². The summed E-state index contributed by atoms with van der Waals surface area (Å²) in [6, 6.07) is 0. The number of nitrogens with zero attached hydrogens (tertiary/aromatic N) is 1. The molecule has 0 aromatic rings. The van der Waals surface area contributed by atoms with Crippen LogP contribution >= 0.6 is 8.58 Å². The first-order valence-corrected chi connectivity index (χ1v) is 3.10. The van der Waals surface area contributed by atoms with E-state index in [1.54, 1.807) is 0 Å². The lowest BCUT2D eigenvalue weighted by atomic mass is 10.6. The zero-order chi connectivity index (χ0) is 5.11. The molecule has 2 nitrogen and oxygen atoms in total. The maximum absolute atomic E-state index is 10.3. The van der Waals surface area contributed by atoms with Gasteiger partial charge >= 0.3 is 0 Å². The molecule has 1 heterocycles. The highest BCUT2D eigenvalue weighted by Gasteiger charge is 1.82. The van der Waals surface area contributed by atoms with Crippen molar-refractivity contribution in [2.75, 3.05) is 6.54 Å². The molecule has 3 heteroatoms. The Morgan fingerprint density at radius 2 is 2.71 bits per heavy atom. The average Bonchev–Trinajstić information content (AvgIpc) is 1.69. The molecule has 38 valence electrons. The van der Waals surface area contributed by atoms with Crippen LogP contribution in [0.5, 0.6) is 0 Å². The van der Waals surface area contributed by atoms with Gasteiger partial charge in [0.1, 0.15) is 0 Å². The number of aliphatic imine (C=N–C) groups is 1. The molecule has 0 radical (unpaired) electrons. The summed E-state index contributed by atoms with van der Waals surface area (Å²) in [5.41, 5.74) is 0.0301. The minimum atomic E-state index is 0.0301. The maximum atomic E-state index is 10.3. The first-order valence-electron chi connectivity index (χ1n) is 2.02. The molecule has 0 bridgehead atoms. The van der Waals surface area contributed by atoms with Crippen LogP contribution in [-0.4, -0.2) is 12.2 Å². The summed E-state index contributed by atoms with van der Waals surface area (Å²) >= 11 is 0. The van der Waals surface area contributed by atoms with Crippen molar-refractivity contribution in [3.8, 4) is 0 Å². The molecule has 0 saturated heterocycles. The van der Waals surface area contributed by atoms with Gasteiger partial charge in [-0.2, -0.15) is 0 Å². The van der Waals surface area contributed by atoms with Crippen molar-refractivity contribution in [1.29, 1.82) is 0 Å². The molecule has 0 spiro atoms. The van der Waals surface area contributed by atoms with E-state index in [2.05, 4.69) is 4.99 Å². The normalized spacial score (nSPS) is 22.6. The minimum Gasteiger partial charge on any atom is -0.859 e. The second kappa shape index (κ2) is 2.08. The van der Waals surface area contributed by atoms with Crippen LogP contribution in [0.15, 0.2) is 16.9 Å². The van der Waals surface area contributed by atoms with Gasteiger partial charge in [0.25, 0.3) is 0 Å². The largest absolute Gasteiger partial charge is 0.859 e. The van der Waals surface area contributed by atoms with E-state index in [0.29, 0.717) is 6.54 Å². The molecular weight excluding hydrogens is 109 g/mol. The third-order valence-corrected chi connectivity index (χ3v) is 1.47. The molecule has 0 aromatic heterocycles. The number of rotatable bonds is 0. The maximum Gasteiger partial charge on any atom is 0.0567 e. The lowest BCUT2D eigenvalue weighted by molar-refractivity contribution is -0.206. The van der Waals surface area contributed by atoms with E-state index in [1.165, 1.54) is 0 Å². The predicted octanol–water partition coefficient (Wildman–Crippen LogP) is -0.0915. The van der Waals surface area contributed by atoms with Crippen molar-refractivity contribution in [3.05, 3.63) is 11.9 Å². The van der Waals surface area contributed by atoms with Gasteiger partial charge in [0, 0.05) is 0 Å². The summed E-state index contributed by atoms with van der Waals surface area (Å²) < 4.78 is 0.